The maximum Gasteiger partial charge on any atom is 0.145 e. The summed E-state index contributed by atoms with van der Waals surface area (Å²) in [6, 6.07) is 0. The molecule has 1 aromatic heterocycles. The molecule has 0 atom stereocenters. The molecule has 0 aromatic carbocycles. The Hall–Kier alpha value is -0.840. The second-order valence-corrected chi connectivity index (χ2v) is 6.27. The van der Waals surface area contributed by atoms with Crippen LogP contribution in [0.5, 0.6) is 0 Å². The lowest BCUT2D eigenvalue weighted by atomic mass is 9.81. The van der Waals surface area contributed by atoms with Crippen molar-refractivity contribution < 1.29 is 0 Å². The van der Waals surface area contributed by atoms with E-state index in [4.69, 9.17) is 0 Å². The summed E-state index contributed by atoms with van der Waals surface area (Å²) < 4.78 is 0.912. The summed E-state index contributed by atoms with van der Waals surface area (Å²) in [5.74, 6) is 3.51. The van der Waals surface area contributed by atoms with E-state index < -0.39 is 0 Å². The summed E-state index contributed by atoms with van der Waals surface area (Å²) in [5.41, 5.74) is 0. The van der Waals surface area contributed by atoms with Gasteiger partial charge in [0.1, 0.15) is 22.4 Å². The first kappa shape index (κ1) is 14.6. The van der Waals surface area contributed by atoms with Crippen molar-refractivity contribution in [2.45, 2.75) is 39.0 Å². The molecule has 0 aliphatic heterocycles. The predicted molar refractivity (Wildman–Crippen MR) is 83.5 cm³/mol. The SMILES string of the molecule is CNc1ncnc(NCCC2CCC(C)CC2)c1Br. The molecule has 19 heavy (non-hydrogen) atoms. The minimum atomic E-state index is 0.823. The van der Waals surface area contributed by atoms with Crippen molar-refractivity contribution in [2.24, 2.45) is 11.8 Å². The molecule has 2 rings (SSSR count). The summed E-state index contributed by atoms with van der Waals surface area (Å²) in [6.07, 6.45) is 8.38. The number of nitrogens with zero attached hydrogens (tertiary/aromatic N) is 2. The van der Waals surface area contributed by atoms with Crippen LogP contribution in [0.1, 0.15) is 39.0 Å². The van der Waals surface area contributed by atoms with E-state index in [9.17, 15) is 0 Å². The normalized spacial score (nSPS) is 23.1. The van der Waals surface area contributed by atoms with E-state index in [-0.39, 0.29) is 0 Å². The zero-order chi connectivity index (χ0) is 13.7. The zero-order valence-corrected chi connectivity index (χ0v) is 13.3. The Morgan fingerprint density at radius 2 is 1.89 bits per heavy atom. The first-order chi connectivity index (χ1) is 9.20. The minimum Gasteiger partial charge on any atom is -0.372 e. The molecule has 0 radical (unpaired) electrons. The Morgan fingerprint density at radius 1 is 1.21 bits per heavy atom. The lowest BCUT2D eigenvalue weighted by Crippen LogP contribution is -2.16. The zero-order valence-electron chi connectivity index (χ0n) is 11.7. The Labute approximate surface area is 123 Å². The molecule has 1 fully saturated rings. The molecule has 1 aliphatic carbocycles. The van der Waals surface area contributed by atoms with Crippen LogP contribution in [0.25, 0.3) is 0 Å². The molecule has 0 amide bonds. The average molecular weight is 327 g/mol. The van der Waals surface area contributed by atoms with Crippen LogP contribution in [0.2, 0.25) is 0 Å². The van der Waals surface area contributed by atoms with Gasteiger partial charge in [-0.3, -0.25) is 0 Å². The molecule has 4 nitrogen and oxygen atoms in total. The van der Waals surface area contributed by atoms with Crippen molar-refractivity contribution >= 4 is 27.6 Å². The molecular formula is C14H23BrN4. The molecule has 0 spiro atoms. The third-order valence-electron chi connectivity index (χ3n) is 4.01. The van der Waals surface area contributed by atoms with Crippen LogP contribution >= 0.6 is 15.9 Å². The number of anilines is 2. The first-order valence-corrected chi connectivity index (χ1v) is 7.92. The molecule has 0 saturated heterocycles. The summed E-state index contributed by atoms with van der Waals surface area (Å²) in [6.45, 7) is 3.35. The van der Waals surface area contributed by atoms with Gasteiger partial charge in [0.05, 0.1) is 0 Å². The molecule has 1 heterocycles. The van der Waals surface area contributed by atoms with Crippen molar-refractivity contribution in [1.29, 1.82) is 0 Å². The Morgan fingerprint density at radius 3 is 2.58 bits per heavy atom. The highest BCUT2D eigenvalue weighted by Gasteiger charge is 2.17. The van der Waals surface area contributed by atoms with Gasteiger partial charge in [-0.05, 0) is 34.2 Å². The summed E-state index contributed by atoms with van der Waals surface area (Å²) in [5, 5.41) is 6.45. The number of halogens is 1. The van der Waals surface area contributed by atoms with Gasteiger partial charge in [0.25, 0.3) is 0 Å². The number of rotatable bonds is 5. The Bertz CT molecular complexity index is 402. The summed E-state index contributed by atoms with van der Waals surface area (Å²) >= 11 is 3.53. The number of aromatic nitrogens is 2. The fourth-order valence-corrected chi connectivity index (χ4v) is 3.22. The number of hydrogen-bond donors (Lipinski definition) is 2. The number of nitrogens with one attached hydrogen (secondary N) is 2. The fraction of sp³-hybridized carbons (Fsp3) is 0.714. The van der Waals surface area contributed by atoms with Gasteiger partial charge in [-0.2, -0.15) is 0 Å². The summed E-state index contributed by atoms with van der Waals surface area (Å²) in [7, 11) is 1.86. The second-order valence-electron chi connectivity index (χ2n) is 5.48. The van der Waals surface area contributed by atoms with E-state index in [0.29, 0.717) is 0 Å². The van der Waals surface area contributed by atoms with Crippen molar-refractivity contribution in [3.63, 3.8) is 0 Å². The molecule has 5 heteroatoms. The Balaban J connectivity index is 1.79. The highest BCUT2D eigenvalue weighted by Crippen LogP contribution is 2.31. The van der Waals surface area contributed by atoms with Crippen molar-refractivity contribution in [3.05, 3.63) is 10.8 Å². The van der Waals surface area contributed by atoms with E-state index in [1.807, 2.05) is 7.05 Å². The van der Waals surface area contributed by atoms with Gasteiger partial charge in [-0.15, -0.1) is 0 Å². The monoisotopic (exact) mass is 326 g/mol. The third-order valence-corrected chi connectivity index (χ3v) is 4.76. The average Bonchev–Trinajstić information content (AvgIpc) is 2.43. The van der Waals surface area contributed by atoms with Crippen LogP contribution in [0, 0.1) is 11.8 Å². The van der Waals surface area contributed by atoms with Gasteiger partial charge in [-0.25, -0.2) is 9.97 Å². The Kier molecular flexibility index (Phi) is 5.43. The van der Waals surface area contributed by atoms with Gasteiger partial charge in [0.2, 0.25) is 0 Å². The maximum absolute atomic E-state index is 4.27. The fourth-order valence-electron chi connectivity index (χ4n) is 2.68. The van der Waals surface area contributed by atoms with Crippen LogP contribution < -0.4 is 10.6 Å². The van der Waals surface area contributed by atoms with Gasteiger partial charge < -0.3 is 10.6 Å². The molecule has 0 unspecified atom stereocenters. The molecule has 106 valence electrons. The molecule has 1 aromatic rings. The smallest absolute Gasteiger partial charge is 0.145 e. The van der Waals surface area contributed by atoms with Crippen molar-refractivity contribution in [1.82, 2.24) is 9.97 Å². The quantitative estimate of drug-likeness (QED) is 0.861. The standard InChI is InChI=1S/C14H23BrN4/c1-10-3-5-11(6-4-10)7-8-17-14-12(15)13(16-2)18-9-19-14/h9-11H,3-8H2,1-2H3,(H2,16,17,18,19). The third kappa shape index (κ3) is 4.06. The van der Waals surface area contributed by atoms with Crippen LogP contribution in [0.4, 0.5) is 11.6 Å². The lowest BCUT2D eigenvalue weighted by molar-refractivity contribution is 0.282. The highest BCUT2D eigenvalue weighted by molar-refractivity contribution is 9.10. The largest absolute Gasteiger partial charge is 0.372 e. The van der Waals surface area contributed by atoms with E-state index in [1.165, 1.54) is 32.1 Å². The van der Waals surface area contributed by atoms with Crippen LogP contribution in [-0.2, 0) is 0 Å². The second kappa shape index (κ2) is 7.08. The van der Waals surface area contributed by atoms with Crippen LogP contribution in [0.15, 0.2) is 10.8 Å². The maximum atomic E-state index is 4.27. The van der Waals surface area contributed by atoms with E-state index in [1.54, 1.807) is 6.33 Å². The van der Waals surface area contributed by atoms with Gasteiger partial charge in [0, 0.05) is 13.6 Å². The van der Waals surface area contributed by atoms with Crippen molar-refractivity contribution in [3.8, 4) is 0 Å². The van der Waals surface area contributed by atoms with Crippen LogP contribution in [0.3, 0.4) is 0 Å². The summed E-state index contributed by atoms with van der Waals surface area (Å²) in [4.78, 5) is 8.43. The van der Waals surface area contributed by atoms with Gasteiger partial charge in [-0.1, -0.05) is 32.6 Å². The van der Waals surface area contributed by atoms with Gasteiger partial charge >= 0.3 is 0 Å². The highest BCUT2D eigenvalue weighted by atomic mass is 79.9. The number of hydrogen-bond acceptors (Lipinski definition) is 4. The molecule has 1 aliphatic rings. The van der Waals surface area contributed by atoms with E-state index in [2.05, 4.69) is 43.5 Å². The predicted octanol–water partition coefficient (Wildman–Crippen LogP) is 3.91. The van der Waals surface area contributed by atoms with Gasteiger partial charge in [0.15, 0.2) is 0 Å². The molecular weight excluding hydrogens is 304 g/mol. The van der Waals surface area contributed by atoms with Crippen molar-refractivity contribution in [2.75, 3.05) is 24.2 Å². The lowest BCUT2D eigenvalue weighted by Gasteiger charge is -2.26. The van der Waals surface area contributed by atoms with Crippen LogP contribution in [-0.4, -0.2) is 23.6 Å². The minimum absolute atomic E-state index is 0.823. The van der Waals surface area contributed by atoms with E-state index in [0.717, 1.165) is 34.5 Å². The molecule has 0 bridgehead atoms. The molecule has 2 N–H and O–H groups in total. The van der Waals surface area contributed by atoms with E-state index >= 15 is 0 Å². The topological polar surface area (TPSA) is 49.8 Å². The molecule has 1 saturated carbocycles. The first-order valence-electron chi connectivity index (χ1n) is 7.12.